The summed E-state index contributed by atoms with van der Waals surface area (Å²) in [5.41, 5.74) is 0. The van der Waals surface area contributed by atoms with Crippen LogP contribution in [-0.4, -0.2) is 30.1 Å². The molecule has 1 aromatic rings. The van der Waals surface area contributed by atoms with Crippen LogP contribution in [0.4, 0.5) is 0 Å². The second-order valence-electron chi connectivity index (χ2n) is 2.28. The maximum absolute atomic E-state index is 9.22. The highest BCUT2D eigenvalue weighted by atomic mass is 32.3. The molecule has 1 heterocycles. The highest BCUT2D eigenvalue weighted by molar-refractivity contribution is 7.80. The van der Waals surface area contributed by atoms with Crippen LogP contribution in [0.5, 0.6) is 0 Å². The minimum absolute atomic E-state index is 0. The lowest BCUT2D eigenvalue weighted by Gasteiger charge is -1.98. The molecule has 0 aromatic carbocycles. The number of rotatable bonds is 2. The standard InChI is InChI=1S/C6H9N2.CH4O4S.H2O/c1-3-8-5-4-7(2)6-8;1-5-6(2,3)4;/h3-6H,1H2,2H3;1H3,(H,2,3,4);1H2/q+1;;/p-1. The van der Waals surface area contributed by atoms with Crippen molar-refractivity contribution in [3.8, 4) is 0 Å². The summed E-state index contributed by atoms with van der Waals surface area (Å²) in [6, 6.07) is 0. The third-order valence-corrected chi connectivity index (χ3v) is 1.61. The Hall–Kier alpha value is -1.22. The van der Waals surface area contributed by atoms with Gasteiger partial charge >= 0.3 is 0 Å². The van der Waals surface area contributed by atoms with Gasteiger partial charge in [0, 0.05) is 0 Å². The smallest absolute Gasteiger partial charge is 0.248 e. The second-order valence-corrected chi connectivity index (χ2v) is 3.43. The molecule has 0 spiro atoms. The Balaban J connectivity index is 0. The lowest BCUT2D eigenvalue weighted by atomic mass is 10.8. The average molecular weight is 238 g/mol. The zero-order valence-electron chi connectivity index (χ0n) is 8.45. The Morgan fingerprint density at radius 2 is 2.07 bits per heavy atom. The van der Waals surface area contributed by atoms with Crippen molar-refractivity contribution in [1.82, 2.24) is 4.57 Å². The molecule has 15 heavy (non-hydrogen) atoms. The van der Waals surface area contributed by atoms with Crippen molar-refractivity contribution in [2.75, 3.05) is 7.11 Å². The van der Waals surface area contributed by atoms with Gasteiger partial charge in [0.25, 0.3) is 0 Å². The number of hydrogen-bond donors (Lipinski definition) is 0. The molecule has 0 aliphatic carbocycles. The van der Waals surface area contributed by atoms with Crippen molar-refractivity contribution in [3.05, 3.63) is 25.3 Å². The fourth-order valence-electron chi connectivity index (χ4n) is 0.577. The first-order chi connectivity index (χ1) is 6.39. The first-order valence-electron chi connectivity index (χ1n) is 3.55. The Morgan fingerprint density at radius 3 is 2.20 bits per heavy atom. The van der Waals surface area contributed by atoms with Crippen LogP contribution in [-0.2, 0) is 21.6 Å². The van der Waals surface area contributed by atoms with Crippen LogP contribution >= 0.6 is 0 Å². The van der Waals surface area contributed by atoms with E-state index in [1.54, 1.807) is 6.20 Å². The monoisotopic (exact) mass is 238 g/mol. The molecule has 1 rings (SSSR count). The van der Waals surface area contributed by atoms with Crippen LogP contribution in [0.15, 0.2) is 25.3 Å². The third kappa shape index (κ3) is 9.09. The predicted molar refractivity (Wildman–Crippen MR) is 52.3 cm³/mol. The summed E-state index contributed by atoms with van der Waals surface area (Å²) in [6.07, 6.45) is 7.58. The molecule has 7 nitrogen and oxygen atoms in total. The summed E-state index contributed by atoms with van der Waals surface area (Å²) < 4.78 is 34.9. The van der Waals surface area contributed by atoms with Crippen molar-refractivity contribution >= 4 is 16.6 Å². The molecule has 88 valence electrons. The van der Waals surface area contributed by atoms with Gasteiger partial charge in [0.2, 0.25) is 16.7 Å². The van der Waals surface area contributed by atoms with E-state index in [0.29, 0.717) is 0 Å². The molecule has 0 amide bonds. The van der Waals surface area contributed by atoms with E-state index in [0.717, 1.165) is 7.11 Å². The average Bonchev–Trinajstić information content (AvgIpc) is 2.51. The lowest BCUT2D eigenvalue weighted by molar-refractivity contribution is -0.670. The van der Waals surface area contributed by atoms with Gasteiger partial charge in [-0.05, 0) is 0 Å². The van der Waals surface area contributed by atoms with Gasteiger partial charge in [-0.15, -0.1) is 0 Å². The van der Waals surface area contributed by atoms with Crippen LogP contribution < -0.4 is 4.57 Å². The number of aromatic nitrogens is 2. The van der Waals surface area contributed by atoms with Crippen molar-refractivity contribution < 1.29 is 27.2 Å². The lowest BCUT2D eigenvalue weighted by Crippen LogP contribution is -2.23. The van der Waals surface area contributed by atoms with E-state index in [4.69, 9.17) is 0 Å². The SMILES string of the molecule is C=Cn1cc[n+](C)c1.COS(=O)(=O)[O-].O. The van der Waals surface area contributed by atoms with Crippen LogP contribution in [0.25, 0.3) is 6.20 Å². The van der Waals surface area contributed by atoms with Gasteiger partial charge in [-0.1, -0.05) is 6.58 Å². The van der Waals surface area contributed by atoms with Gasteiger partial charge < -0.3 is 10.0 Å². The maximum Gasteiger partial charge on any atom is 0.248 e. The number of aryl methyl sites for hydroxylation is 1. The predicted octanol–water partition coefficient (Wildman–Crippen LogP) is -1.32. The second kappa shape index (κ2) is 7.12. The molecule has 0 saturated carbocycles. The van der Waals surface area contributed by atoms with Gasteiger partial charge in [-0.3, -0.25) is 4.18 Å². The van der Waals surface area contributed by atoms with E-state index in [9.17, 15) is 13.0 Å². The van der Waals surface area contributed by atoms with Crippen molar-refractivity contribution in [2.24, 2.45) is 7.05 Å². The Kier molecular flexibility index (Phi) is 7.70. The van der Waals surface area contributed by atoms with Crippen LogP contribution in [0, 0.1) is 0 Å². The molecule has 0 unspecified atom stereocenters. The summed E-state index contributed by atoms with van der Waals surface area (Å²) in [5.74, 6) is 0. The van der Waals surface area contributed by atoms with E-state index in [1.165, 1.54) is 0 Å². The van der Waals surface area contributed by atoms with E-state index in [-0.39, 0.29) is 5.48 Å². The van der Waals surface area contributed by atoms with E-state index < -0.39 is 10.4 Å². The normalized spacial score (nSPS) is 9.53. The minimum atomic E-state index is -4.41. The van der Waals surface area contributed by atoms with Gasteiger partial charge in [-0.2, -0.15) is 0 Å². The minimum Gasteiger partial charge on any atom is -0.726 e. The molecule has 0 aliphatic heterocycles. The highest BCUT2D eigenvalue weighted by Gasteiger charge is 1.90. The van der Waals surface area contributed by atoms with E-state index in [1.807, 2.05) is 34.9 Å². The Bertz CT molecular complexity index is 384. The molecule has 0 aliphatic rings. The van der Waals surface area contributed by atoms with Gasteiger partial charge in [0.05, 0.1) is 20.4 Å². The van der Waals surface area contributed by atoms with Gasteiger partial charge in [0.1, 0.15) is 12.4 Å². The highest BCUT2D eigenvalue weighted by Crippen LogP contribution is 1.79. The quantitative estimate of drug-likeness (QED) is 0.362. The molecule has 0 bridgehead atoms. The van der Waals surface area contributed by atoms with Crippen molar-refractivity contribution in [3.63, 3.8) is 0 Å². The van der Waals surface area contributed by atoms with E-state index in [2.05, 4.69) is 10.8 Å². The molecule has 0 fully saturated rings. The topological polar surface area (TPSA) is 107 Å². The number of nitrogens with zero attached hydrogens (tertiary/aromatic N) is 2. The Morgan fingerprint density at radius 1 is 1.60 bits per heavy atom. The molecule has 2 N–H and O–H groups in total. The Labute approximate surface area is 88.5 Å². The molecule has 8 heteroatoms. The van der Waals surface area contributed by atoms with Crippen LogP contribution in [0.1, 0.15) is 0 Å². The fourth-order valence-corrected chi connectivity index (χ4v) is 0.577. The molecular weight excluding hydrogens is 224 g/mol. The maximum atomic E-state index is 9.22. The first-order valence-corrected chi connectivity index (χ1v) is 4.89. The zero-order valence-corrected chi connectivity index (χ0v) is 9.27. The summed E-state index contributed by atoms with van der Waals surface area (Å²) in [5, 5.41) is 0. The van der Waals surface area contributed by atoms with Gasteiger partial charge in [-0.25, -0.2) is 17.6 Å². The summed E-state index contributed by atoms with van der Waals surface area (Å²) in [6.45, 7) is 3.59. The third-order valence-electron chi connectivity index (χ3n) is 1.20. The van der Waals surface area contributed by atoms with Gasteiger partial charge in [0.15, 0.2) is 0 Å². The van der Waals surface area contributed by atoms with Crippen molar-refractivity contribution in [1.29, 1.82) is 0 Å². The largest absolute Gasteiger partial charge is 0.726 e. The van der Waals surface area contributed by atoms with Crippen LogP contribution in [0.2, 0.25) is 0 Å². The molecule has 1 aromatic heterocycles. The number of imidazole rings is 1. The van der Waals surface area contributed by atoms with Crippen LogP contribution in [0.3, 0.4) is 0 Å². The summed E-state index contributed by atoms with van der Waals surface area (Å²) >= 11 is 0. The fraction of sp³-hybridized carbons (Fsp3) is 0.286. The summed E-state index contributed by atoms with van der Waals surface area (Å²) in [4.78, 5) is 0. The molecular formula is C7H14N2O5S. The molecule has 0 atom stereocenters. The molecule has 0 radical (unpaired) electrons. The number of hydrogen-bond acceptors (Lipinski definition) is 4. The summed E-state index contributed by atoms with van der Waals surface area (Å²) in [7, 11) is -1.63. The molecule has 0 saturated heterocycles. The first kappa shape index (κ1) is 16.2. The van der Waals surface area contributed by atoms with E-state index >= 15 is 0 Å². The zero-order chi connectivity index (χ0) is 11.2. The van der Waals surface area contributed by atoms with Crippen molar-refractivity contribution in [2.45, 2.75) is 0 Å².